The number of rotatable bonds is 6. The van der Waals surface area contributed by atoms with Gasteiger partial charge in [-0.15, -0.1) is 0 Å². The molecule has 0 radical (unpaired) electrons. The van der Waals surface area contributed by atoms with Crippen LogP contribution in [-0.4, -0.2) is 30.0 Å². The molecule has 0 amide bonds. The number of carbonyl (C=O) groups excluding carboxylic acids is 3. The first-order valence-electron chi connectivity index (χ1n) is 9.30. The number of nitrogens with zero attached hydrogens (tertiary/aromatic N) is 1. The zero-order valence-electron chi connectivity index (χ0n) is 16.8. The molecule has 1 atom stereocenters. The second-order valence-electron chi connectivity index (χ2n) is 6.50. The third kappa shape index (κ3) is 5.07. The van der Waals surface area contributed by atoms with Crippen LogP contribution in [0.2, 0.25) is 0 Å². The van der Waals surface area contributed by atoms with Crippen LogP contribution in [0.4, 0.5) is 0 Å². The molecule has 0 saturated heterocycles. The van der Waals surface area contributed by atoms with Gasteiger partial charge in [-0.1, -0.05) is 0 Å². The Morgan fingerprint density at radius 3 is 2.40 bits per heavy atom. The number of ether oxygens (including phenoxy) is 2. The van der Waals surface area contributed by atoms with Crippen LogP contribution in [0.25, 0.3) is 0 Å². The predicted molar refractivity (Wildman–Crippen MR) is 115 cm³/mol. The molecule has 1 aliphatic rings. The molecule has 1 aliphatic carbocycles. The maximum absolute atomic E-state index is 12.6. The van der Waals surface area contributed by atoms with Crippen LogP contribution in [0.15, 0.2) is 36.5 Å². The Balaban J connectivity index is 2.04. The maximum atomic E-state index is 12.6. The predicted octanol–water partition coefficient (Wildman–Crippen LogP) is 3.96. The van der Waals surface area contributed by atoms with E-state index < -0.39 is 44.7 Å². The van der Waals surface area contributed by atoms with Crippen LogP contribution in [0.5, 0.6) is 5.75 Å². The van der Waals surface area contributed by atoms with Gasteiger partial charge in [-0.2, -0.15) is 0 Å². The van der Waals surface area contributed by atoms with E-state index in [0.717, 1.165) is 12.0 Å². The number of methoxy groups -OCH3 is 1. The van der Waals surface area contributed by atoms with E-state index in [2.05, 4.69) is 4.98 Å². The molecular formula is C21H22INO7. The molecule has 8 nitrogen and oxygen atoms in total. The summed E-state index contributed by atoms with van der Waals surface area (Å²) in [6.45, 7) is 2.53. The molecule has 0 N–H and O–H groups in total. The normalized spacial score (nSPS) is 15.4. The first-order valence-corrected chi connectivity index (χ1v) is 12.1. The van der Waals surface area contributed by atoms with E-state index in [-0.39, 0.29) is 5.69 Å². The number of hydrogen-bond donors (Lipinski definition) is 0. The van der Waals surface area contributed by atoms with Gasteiger partial charge in [0.15, 0.2) is 0 Å². The fourth-order valence-electron chi connectivity index (χ4n) is 3.24. The Kier molecular flexibility index (Phi) is 7.24. The number of benzene rings is 1. The molecule has 0 fully saturated rings. The van der Waals surface area contributed by atoms with Gasteiger partial charge in [-0.25, -0.2) is 0 Å². The van der Waals surface area contributed by atoms with E-state index in [1.54, 1.807) is 37.4 Å². The number of halogens is 1. The van der Waals surface area contributed by atoms with Crippen molar-refractivity contribution in [2.75, 3.05) is 7.11 Å². The fourth-order valence-corrected chi connectivity index (χ4v) is 6.56. The summed E-state index contributed by atoms with van der Waals surface area (Å²) in [5.41, 5.74) is 1.75. The Labute approximate surface area is 182 Å². The Hall–Kier alpha value is -2.69. The molecule has 3 rings (SSSR count). The van der Waals surface area contributed by atoms with E-state index in [9.17, 15) is 14.4 Å². The molecule has 30 heavy (non-hydrogen) atoms. The average molecular weight is 527 g/mol. The summed E-state index contributed by atoms with van der Waals surface area (Å²) < 4.78 is 22.7. The topological polar surface area (TPSA) is 101 Å². The molecule has 1 aromatic heterocycles. The molecule has 2 aromatic rings. The molecule has 160 valence electrons. The minimum atomic E-state index is -3.14. The van der Waals surface area contributed by atoms with E-state index in [4.69, 9.17) is 15.6 Å². The molecule has 9 heteroatoms. The second-order valence-corrected chi connectivity index (χ2v) is 9.78. The SMILES string of the molecule is COc1ccc(I(OC(C)=O)OC(C)=O)c2c1CCC[C@H]2OC(=O)c1ccccn1. The molecule has 0 bridgehead atoms. The third-order valence-electron chi connectivity index (χ3n) is 4.34. The zero-order chi connectivity index (χ0) is 21.7. The summed E-state index contributed by atoms with van der Waals surface area (Å²) in [7, 11) is 1.56. The van der Waals surface area contributed by atoms with Gasteiger partial charge in [0.2, 0.25) is 0 Å². The molecule has 0 aliphatic heterocycles. The van der Waals surface area contributed by atoms with Gasteiger partial charge in [0.1, 0.15) is 0 Å². The van der Waals surface area contributed by atoms with Crippen molar-refractivity contribution >= 4 is 38.6 Å². The van der Waals surface area contributed by atoms with Crippen molar-refractivity contribution in [1.29, 1.82) is 0 Å². The standard InChI is InChI=1S/C21H22INO7/c1-13(24)29-22(30-14(2)25)16-10-11-18(27-3)15-7-6-9-19(20(15)16)28-21(26)17-8-4-5-12-23-17/h4-5,8,10-12,19H,6-7,9H2,1-3H3/t19-/m1/s1. The van der Waals surface area contributed by atoms with Gasteiger partial charge < -0.3 is 0 Å². The number of aromatic nitrogens is 1. The van der Waals surface area contributed by atoms with Crippen LogP contribution in [0, 0.1) is 3.57 Å². The summed E-state index contributed by atoms with van der Waals surface area (Å²) in [6, 6.07) is 8.48. The Morgan fingerprint density at radius 1 is 1.07 bits per heavy atom. The minimum absolute atomic E-state index is 0.199. The van der Waals surface area contributed by atoms with E-state index in [0.29, 0.717) is 27.7 Å². The van der Waals surface area contributed by atoms with Gasteiger partial charge >= 0.3 is 183 Å². The Bertz CT molecular complexity index is 932. The van der Waals surface area contributed by atoms with Crippen LogP contribution in [-0.2, 0) is 26.9 Å². The van der Waals surface area contributed by atoms with E-state index >= 15 is 0 Å². The van der Waals surface area contributed by atoms with Gasteiger partial charge in [0, 0.05) is 0 Å². The monoisotopic (exact) mass is 527 g/mol. The van der Waals surface area contributed by atoms with Crippen LogP contribution < -0.4 is 4.74 Å². The molecule has 1 aromatic carbocycles. The molecule has 0 saturated carbocycles. The van der Waals surface area contributed by atoms with Gasteiger partial charge in [0.05, 0.1) is 0 Å². The van der Waals surface area contributed by atoms with Crippen molar-refractivity contribution in [1.82, 2.24) is 4.98 Å². The molecule has 0 unspecified atom stereocenters. The van der Waals surface area contributed by atoms with Gasteiger partial charge in [-0.05, 0) is 0 Å². The third-order valence-corrected chi connectivity index (χ3v) is 8.27. The first kappa shape index (κ1) is 22.0. The second kappa shape index (κ2) is 9.88. The fraction of sp³-hybridized carbons (Fsp3) is 0.333. The first-order chi connectivity index (χ1) is 14.4. The van der Waals surface area contributed by atoms with Crippen molar-refractivity contribution in [2.24, 2.45) is 0 Å². The number of pyridine rings is 1. The van der Waals surface area contributed by atoms with E-state index in [1.165, 1.54) is 20.0 Å². The van der Waals surface area contributed by atoms with E-state index in [1.807, 2.05) is 0 Å². The molecule has 0 spiro atoms. The van der Waals surface area contributed by atoms with Crippen LogP contribution in [0.1, 0.15) is 54.4 Å². The van der Waals surface area contributed by atoms with Gasteiger partial charge in [-0.3, -0.25) is 0 Å². The number of carbonyl (C=O) groups is 3. The van der Waals surface area contributed by atoms with Gasteiger partial charge in [0.25, 0.3) is 0 Å². The summed E-state index contributed by atoms with van der Waals surface area (Å²) in [5.74, 6) is -0.982. The average Bonchev–Trinajstić information content (AvgIpc) is 2.72. The van der Waals surface area contributed by atoms with Crippen molar-refractivity contribution in [3.8, 4) is 5.75 Å². The summed E-state index contributed by atoms with van der Waals surface area (Å²) >= 11 is -3.14. The number of fused-ring (bicyclic) bond motifs is 1. The summed E-state index contributed by atoms with van der Waals surface area (Å²) in [6.07, 6.45) is 2.98. The zero-order valence-corrected chi connectivity index (χ0v) is 19.0. The number of hydrogen-bond acceptors (Lipinski definition) is 8. The Morgan fingerprint density at radius 2 is 1.80 bits per heavy atom. The number of esters is 1. The van der Waals surface area contributed by atoms with Crippen molar-refractivity contribution in [2.45, 2.75) is 39.2 Å². The molecular weight excluding hydrogens is 505 g/mol. The van der Waals surface area contributed by atoms with Crippen molar-refractivity contribution < 1.29 is 30.0 Å². The molecule has 1 heterocycles. The summed E-state index contributed by atoms with van der Waals surface area (Å²) in [5, 5.41) is 0. The summed E-state index contributed by atoms with van der Waals surface area (Å²) in [4.78, 5) is 40.0. The quantitative estimate of drug-likeness (QED) is 0.411. The van der Waals surface area contributed by atoms with Crippen molar-refractivity contribution in [3.05, 3.63) is 56.9 Å². The van der Waals surface area contributed by atoms with Crippen LogP contribution >= 0.6 is 20.6 Å². The van der Waals surface area contributed by atoms with Crippen molar-refractivity contribution in [3.63, 3.8) is 0 Å². The van der Waals surface area contributed by atoms with Crippen LogP contribution in [0.3, 0.4) is 0 Å².